The van der Waals surface area contributed by atoms with Gasteiger partial charge in [0, 0.05) is 24.9 Å². The fourth-order valence-corrected chi connectivity index (χ4v) is 4.58. The Kier molecular flexibility index (Phi) is 6.24. The topological polar surface area (TPSA) is 90.3 Å². The largest absolute Gasteiger partial charge is 0.323 e. The molecule has 0 aliphatic carbocycles. The number of nitriles is 1. The maximum atomic E-state index is 12.6. The van der Waals surface area contributed by atoms with Crippen molar-refractivity contribution in [3.05, 3.63) is 65.7 Å². The van der Waals surface area contributed by atoms with Gasteiger partial charge in [0.1, 0.15) is 0 Å². The quantitative estimate of drug-likeness (QED) is 0.786. The number of amides is 1. The molecule has 0 radical (unpaired) electrons. The van der Waals surface area contributed by atoms with Crippen LogP contribution in [0.1, 0.15) is 30.4 Å². The average molecular weight is 395 g/mol. The highest BCUT2D eigenvalue weighted by molar-refractivity contribution is 7.89. The second-order valence-corrected chi connectivity index (χ2v) is 8.45. The van der Waals surface area contributed by atoms with Crippen molar-refractivity contribution in [1.82, 2.24) is 4.31 Å². The van der Waals surface area contributed by atoms with Crippen molar-refractivity contribution in [1.29, 1.82) is 5.26 Å². The third-order valence-corrected chi connectivity index (χ3v) is 6.48. The normalized spacial score (nSPS) is 15.2. The van der Waals surface area contributed by atoms with Crippen molar-refractivity contribution in [3.8, 4) is 6.07 Å². The molecule has 6 nitrogen and oxygen atoms in total. The Balaban J connectivity index is 1.66. The van der Waals surface area contributed by atoms with Crippen molar-refractivity contribution >= 4 is 27.7 Å². The Hall–Kier alpha value is -2.95. The molecule has 1 amide bonds. The van der Waals surface area contributed by atoms with Gasteiger partial charge in [-0.3, -0.25) is 4.79 Å². The van der Waals surface area contributed by atoms with Crippen LogP contribution in [-0.2, 0) is 14.8 Å². The van der Waals surface area contributed by atoms with E-state index in [1.807, 2.05) is 0 Å². The number of rotatable bonds is 5. The highest BCUT2D eigenvalue weighted by Crippen LogP contribution is 2.22. The summed E-state index contributed by atoms with van der Waals surface area (Å²) in [5.74, 6) is -0.362. The number of carbonyl (C=O) groups excluding carboxylic acids is 1. The van der Waals surface area contributed by atoms with Crippen molar-refractivity contribution in [2.24, 2.45) is 0 Å². The summed E-state index contributed by atoms with van der Waals surface area (Å²) in [5.41, 5.74) is 1.64. The van der Waals surface area contributed by atoms with Crippen LogP contribution >= 0.6 is 0 Å². The summed E-state index contributed by atoms with van der Waals surface area (Å²) in [7, 11) is -3.49. The smallest absolute Gasteiger partial charge is 0.248 e. The molecule has 2 aromatic rings. The fraction of sp³-hybridized carbons (Fsp3) is 0.238. The standard InChI is InChI=1S/C21H21N3O3S/c22-16-18-7-3-2-6-17(18)8-13-21(25)23-19-9-11-20(12-10-19)28(26,27)24-14-4-1-5-15-24/h2-3,6-13H,1,4-5,14-15H2,(H,23,25)/b13-8+. The molecule has 0 atom stereocenters. The summed E-state index contributed by atoms with van der Waals surface area (Å²) in [6, 6.07) is 15.2. The minimum atomic E-state index is -3.49. The molecule has 3 rings (SSSR count). The molecule has 1 fully saturated rings. The molecular weight excluding hydrogens is 374 g/mol. The molecule has 0 unspecified atom stereocenters. The first-order chi connectivity index (χ1) is 13.5. The van der Waals surface area contributed by atoms with Gasteiger partial charge in [-0.25, -0.2) is 8.42 Å². The van der Waals surface area contributed by atoms with Crippen LogP contribution in [0, 0.1) is 11.3 Å². The number of piperidine rings is 1. The van der Waals surface area contributed by atoms with Crippen LogP contribution in [0.4, 0.5) is 5.69 Å². The molecule has 7 heteroatoms. The van der Waals surface area contributed by atoms with Crippen LogP contribution in [0.5, 0.6) is 0 Å². The van der Waals surface area contributed by atoms with E-state index in [1.54, 1.807) is 42.5 Å². The summed E-state index contributed by atoms with van der Waals surface area (Å²) in [4.78, 5) is 12.3. The summed E-state index contributed by atoms with van der Waals surface area (Å²) in [5, 5.41) is 11.8. The van der Waals surface area contributed by atoms with Crippen LogP contribution < -0.4 is 5.32 Å². The van der Waals surface area contributed by atoms with Crippen LogP contribution in [0.25, 0.3) is 6.08 Å². The van der Waals surface area contributed by atoms with Crippen LogP contribution in [-0.4, -0.2) is 31.7 Å². The molecule has 0 saturated carbocycles. The van der Waals surface area contributed by atoms with Crippen molar-refractivity contribution in [3.63, 3.8) is 0 Å². The summed E-state index contributed by atoms with van der Waals surface area (Å²) in [6.45, 7) is 1.10. The first-order valence-corrected chi connectivity index (χ1v) is 10.5. The molecule has 1 aliphatic rings. The maximum absolute atomic E-state index is 12.6. The predicted molar refractivity (Wildman–Crippen MR) is 108 cm³/mol. The molecule has 2 aromatic carbocycles. The van der Waals surface area contributed by atoms with E-state index in [-0.39, 0.29) is 10.8 Å². The van der Waals surface area contributed by atoms with Gasteiger partial charge in [0.25, 0.3) is 0 Å². The van der Waals surface area contributed by atoms with Crippen LogP contribution in [0.2, 0.25) is 0 Å². The second kappa shape index (κ2) is 8.83. The SMILES string of the molecule is N#Cc1ccccc1/C=C/C(=O)Nc1ccc(S(=O)(=O)N2CCCCC2)cc1. The molecule has 28 heavy (non-hydrogen) atoms. The van der Waals surface area contributed by atoms with Gasteiger partial charge in [-0.1, -0.05) is 24.6 Å². The molecule has 144 valence electrons. The zero-order chi connectivity index (χ0) is 20.0. The highest BCUT2D eigenvalue weighted by atomic mass is 32.2. The van der Waals surface area contributed by atoms with Gasteiger partial charge >= 0.3 is 0 Å². The minimum absolute atomic E-state index is 0.228. The number of hydrogen-bond acceptors (Lipinski definition) is 4. The Morgan fingerprint density at radius 2 is 1.71 bits per heavy atom. The van der Waals surface area contributed by atoms with Gasteiger partial charge in [-0.2, -0.15) is 9.57 Å². The van der Waals surface area contributed by atoms with Gasteiger partial charge in [0.15, 0.2) is 0 Å². The Morgan fingerprint density at radius 1 is 1.04 bits per heavy atom. The lowest BCUT2D eigenvalue weighted by Crippen LogP contribution is -2.35. The number of nitrogens with zero attached hydrogens (tertiary/aromatic N) is 2. The van der Waals surface area contributed by atoms with E-state index in [0.29, 0.717) is 29.9 Å². The van der Waals surface area contributed by atoms with E-state index < -0.39 is 10.0 Å². The molecule has 0 aromatic heterocycles. The van der Waals surface area contributed by atoms with Gasteiger partial charge in [0.2, 0.25) is 15.9 Å². The van der Waals surface area contributed by atoms with Crippen LogP contribution in [0.3, 0.4) is 0 Å². The molecule has 1 saturated heterocycles. The van der Waals surface area contributed by atoms with Gasteiger partial charge in [-0.15, -0.1) is 0 Å². The summed E-state index contributed by atoms with van der Waals surface area (Å²) >= 11 is 0. The molecule has 0 bridgehead atoms. The van der Waals surface area contributed by atoms with Gasteiger partial charge in [0.05, 0.1) is 16.5 Å². The van der Waals surface area contributed by atoms with Crippen molar-refractivity contribution < 1.29 is 13.2 Å². The van der Waals surface area contributed by atoms with E-state index in [4.69, 9.17) is 5.26 Å². The Bertz CT molecular complexity index is 1020. The second-order valence-electron chi connectivity index (χ2n) is 6.51. The Labute approximate surface area is 165 Å². The van der Waals surface area contributed by atoms with E-state index in [1.165, 1.54) is 22.5 Å². The fourth-order valence-electron chi connectivity index (χ4n) is 3.06. The third-order valence-electron chi connectivity index (χ3n) is 4.57. The number of sulfonamides is 1. The number of anilines is 1. The Morgan fingerprint density at radius 3 is 2.39 bits per heavy atom. The van der Waals surface area contributed by atoms with Crippen molar-refractivity contribution in [2.75, 3.05) is 18.4 Å². The third kappa shape index (κ3) is 4.66. The zero-order valence-electron chi connectivity index (χ0n) is 15.3. The lowest BCUT2D eigenvalue weighted by Gasteiger charge is -2.25. The van der Waals surface area contributed by atoms with Crippen molar-refractivity contribution in [2.45, 2.75) is 24.2 Å². The van der Waals surface area contributed by atoms with Gasteiger partial charge in [-0.05, 0) is 54.8 Å². The molecule has 1 N–H and O–H groups in total. The highest BCUT2D eigenvalue weighted by Gasteiger charge is 2.25. The zero-order valence-corrected chi connectivity index (χ0v) is 16.2. The predicted octanol–water partition coefficient (Wildman–Crippen LogP) is 3.38. The number of carbonyl (C=O) groups is 1. The number of nitrogens with one attached hydrogen (secondary N) is 1. The lowest BCUT2D eigenvalue weighted by atomic mass is 10.1. The summed E-state index contributed by atoms with van der Waals surface area (Å²) in [6.07, 6.45) is 5.74. The first-order valence-electron chi connectivity index (χ1n) is 9.09. The number of hydrogen-bond donors (Lipinski definition) is 1. The monoisotopic (exact) mass is 395 g/mol. The van der Waals surface area contributed by atoms with Crippen LogP contribution in [0.15, 0.2) is 59.5 Å². The molecule has 0 spiro atoms. The summed E-state index contributed by atoms with van der Waals surface area (Å²) < 4.78 is 26.8. The average Bonchev–Trinajstić information content (AvgIpc) is 2.73. The van der Waals surface area contributed by atoms with E-state index in [2.05, 4.69) is 11.4 Å². The molecule has 1 aliphatic heterocycles. The maximum Gasteiger partial charge on any atom is 0.248 e. The molecule has 1 heterocycles. The lowest BCUT2D eigenvalue weighted by molar-refractivity contribution is -0.111. The van der Waals surface area contributed by atoms with E-state index in [0.717, 1.165) is 19.3 Å². The van der Waals surface area contributed by atoms with Gasteiger partial charge < -0.3 is 5.32 Å². The number of benzene rings is 2. The first kappa shape index (κ1) is 19.8. The molecular formula is C21H21N3O3S. The minimum Gasteiger partial charge on any atom is -0.323 e. The van der Waals surface area contributed by atoms with E-state index in [9.17, 15) is 13.2 Å². The van der Waals surface area contributed by atoms with E-state index >= 15 is 0 Å².